The van der Waals surface area contributed by atoms with Crippen LogP contribution >= 0.6 is 15.9 Å². The smallest absolute Gasteiger partial charge is 0.240 e. The first kappa shape index (κ1) is 15.0. The second-order valence-corrected chi connectivity index (χ2v) is 7.04. The molecule has 0 amide bonds. The number of anilines is 1. The first-order valence-electron chi connectivity index (χ1n) is 5.83. The molecule has 2 aromatic rings. The number of nitrogens with zero attached hydrogens (tertiary/aromatic N) is 2. The summed E-state index contributed by atoms with van der Waals surface area (Å²) in [6.07, 6.45) is 1.55. The molecule has 0 aliphatic carbocycles. The van der Waals surface area contributed by atoms with Crippen molar-refractivity contribution >= 4 is 31.8 Å². The summed E-state index contributed by atoms with van der Waals surface area (Å²) in [7, 11) is -1.87. The van der Waals surface area contributed by atoms with Crippen LogP contribution in [0.15, 0.2) is 33.8 Å². The Morgan fingerprint density at radius 1 is 1.45 bits per heavy atom. The van der Waals surface area contributed by atoms with Crippen molar-refractivity contribution in [2.45, 2.75) is 18.4 Å². The Kier molecular flexibility index (Phi) is 4.17. The molecule has 0 aliphatic heterocycles. The van der Waals surface area contributed by atoms with E-state index in [-0.39, 0.29) is 11.4 Å². The molecule has 3 N–H and O–H groups in total. The van der Waals surface area contributed by atoms with Gasteiger partial charge in [0.2, 0.25) is 10.0 Å². The van der Waals surface area contributed by atoms with Crippen molar-refractivity contribution in [2.24, 2.45) is 7.05 Å². The van der Waals surface area contributed by atoms with Crippen LogP contribution in [-0.4, -0.2) is 18.2 Å². The van der Waals surface area contributed by atoms with Gasteiger partial charge >= 0.3 is 0 Å². The summed E-state index contributed by atoms with van der Waals surface area (Å²) in [5, 5.41) is 3.97. The van der Waals surface area contributed by atoms with Crippen molar-refractivity contribution < 1.29 is 8.42 Å². The van der Waals surface area contributed by atoms with E-state index in [0.717, 1.165) is 10.0 Å². The summed E-state index contributed by atoms with van der Waals surface area (Å²) in [5.41, 5.74) is 7.27. The van der Waals surface area contributed by atoms with Crippen molar-refractivity contribution in [1.29, 1.82) is 0 Å². The number of nitrogen functional groups attached to an aromatic ring is 1. The van der Waals surface area contributed by atoms with Gasteiger partial charge in [-0.3, -0.25) is 4.68 Å². The second-order valence-electron chi connectivity index (χ2n) is 4.41. The quantitative estimate of drug-likeness (QED) is 0.867. The van der Waals surface area contributed by atoms with Gasteiger partial charge in [0, 0.05) is 23.6 Å². The van der Waals surface area contributed by atoms with Crippen molar-refractivity contribution in [3.63, 3.8) is 0 Å². The molecule has 1 heterocycles. The van der Waals surface area contributed by atoms with E-state index < -0.39 is 10.0 Å². The molecule has 0 aliphatic rings. The highest BCUT2D eigenvalue weighted by atomic mass is 79.9. The van der Waals surface area contributed by atoms with Crippen molar-refractivity contribution in [2.75, 3.05) is 5.73 Å². The van der Waals surface area contributed by atoms with Gasteiger partial charge in [-0.15, -0.1) is 0 Å². The molecule has 2 rings (SSSR count). The van der Waals surface area contributed by atoms with Crippen LogP contribution < -0.4 is 10.5 Å². The predicted molar refractivity (Wildman–Crippen MR) is 80.5 cm³/mol. The highest BCUT2D eigenvalue weighted by Crippen LogP contribution is 2.20. The minimum Gasteiger partial charge on any atom is -0.384 e. The van der Waals surface area contributed by atoms with Gasteiger partial charge in [-0.05, 0) is 30.7 Å². The first-order valence-corrected chi connectivity index (χ1v) is 8.11. The van der Waals surface area contributed by atoms with Gasteiger partial charge in [0.05, 0.1) is 11.1 Å². The van der Waals surface area contributed by atoms with Gasteiger partial charge in [0.1, 0.15) is 5.82 Å². The SMILES string of the molecule is Cc1cc(S(=O)(=O)NCc2cnn(C)c2N)ccc1Br. The molecule has 0 unspecified atom stereocenters. The molecule has 8 heteroatoms. The zero-order valence-corrected chi connectivity index (χ0v) is 13.5. The van der Waals surface area contributed by atoms with Gasteiger partial charge in [-0.25, -0.2) is 13.1 Å². The molecule has 0 bridgehead atoms. The number of benzene rings is 1. The summed E-state index contributed by atoms with van der Waals surface area (Å²) in [4.78, 5) is 0.223. The Bertz CT molecular complexity index is 740. The third-order valence-electron chi connectivity index (χ3n) is 2.96. The molecule has 1 aromatic heterocycles. The first-order chi connectivity index (χ1) is 9.31. The van der Waals surface area contributed by atoms with Crippen LogP contribution in [0.4, 0.5) is 5.82 Å². The van der Waals surface area contributed by atoms with E-state index in [1.54, 1.807) is 31.4 Å². The highest BCUT2D eigenvalue weighted by molar-refractivity contribution is 9.10. The number of halogens is 1. The summed E-state index contributed by atoms with van der Waals surface area (Å²) in [5.74, 6) is 0.444. The Balaban J connectivity index is 2.19. The predicted octanol–water partition coefficient (Wildman–Crippen LogP) is 1.55. The molecular formula is C12H15BrN4O2S. The average Bonchev–Trinajstić information content (AvgIpc) is 2.71. The summed E-state index contributed by atoms with van der Waals surface area (Å²) < 4.78 is 29.3. The molecule has 0 saturated heterocycles. The molecule has 0 fully saturated rings. The maximum absolute atomic E-state index is 12.2. The third-order valence-corrected chi connectivity index (χ3v) is 5.25. The highest BCUT2D eigenvalue weighted by Gasteiger charge is 2.16. The number of aryl methyl sites for hydroxylation is 2. The fourth-order valence-corrected chi connectivity index (χ4v) is 3.01. The Morgan fingerprint density at radius 2 is 2.15 bits per heavy atom. The molecule has 1 aromatic carbocycles. The van der Waals surface area contributed by atoms with E-state index in [9.17, 15) is 8.42 Å². The normalized spacial score (nSPS) is 11.8. The van der Waals surface area contributed by atoms with E-state index >= 15 is 0 Å². The van der Waals surface area contributed by atoms with E-state index in [4.69, 9.17) is 5.73 Å². The number of nitrogens with two attached hydrogens (primary N) is 1. The number of hydrogen-bond acceptors (Lipinski definition) is 4. The minimum absolute atomic E-state index is 0.108. The van der Waals surface area contributed by atoms with Gasteiger partial charge in [-0.2, -0.15) is 5.10 Å². The van der Waals surface area contributed by atoms with E-state index in [1.807, 2.05) is 6.92 Å². The largest absolute Gasteiger partial charge is 0.384 e. The molecular weight excluding hydrogens is 344 g/mol. The number of hydrogen-bond donors (Lipinski definition) is 2. The number of rotatable bonds is 4. The zero-order valence-electron chi connectivity index (χ0n) is 11.1. The van der Waals surface area contributed by atoms with Crippen LogP contribution in [0.25, 0.3) is 0 Å². The lowest BCUT2D eigenvalue weighted by Gasteiger charge is -2.08. The lowest BCUT2D eigenvalue weighted by molar-refractivity contribution is 0.581. The average molecular weight is 359 g/mol. The van der Waals surface area contributed by atoms with Crippen molar-refractivity contribution in [3.05, 3.63) is 40.0 Å². The fourth-order valence-electron chi connectivity index (χ4n) is 1.67. The molecule has 20 heavy (non-hydrogen) atoms. The number of nitrogens with one attached hydrogen (secondary N) is 1. The molecule has 0 saturated carbocycles. The molecule has 0 atom stereocenters. The maximum Gasteiger partial charge on any atom is 0.240 e. The van der Waals surface area contributed by atoms with Crippen LogP contribution in [0.2, 0.25) is 0 Å². The molecule has 108 valence electrons. The standard InChI is InChI=1S/C12H15BrN4O2S/c1-8-5-10(3-4-11(8)13)20(18,19)16-7-9-6-15-17(2)12(9)14/h3-6,16H,7,14H2,1-2H3. The summed E-state index contributed by atoms with van der Waals surface area (Å²) in [6.45, 7) is 1.94. The summed E-state index contributed by atoms with van der Waals surface area (Å²) in [6, 6.07) is 4.87. The van der Waals surface area contributed by atoms with Gasteiger partial charge in [0.15, 0.2) is 0 Å². The van der Waals surface area contributed by atoms with Crippen LogP contribution in [0.1, 0.15) is 11.1 Å². The van der Waals surface area contributed by atoms with Crippen LogP contribution in [-0.2, 0) is 23.6 Å². The Morgan fingerprint density at radius 3 is 2.70 bits per heavy atom. The van der Waals surface area contributed by atoms with Crippen molar-refractivity contribution in [3.8, 4) is 0 Å². The van der Waals surface area contributed by atoms with Crippen LogP contribution in [0.5, 0.6) is 0 Å². The van der Waals surface area contributed by atoms with Gasteiger partial charge < -0.3 is 5.73 Å². The Hall–Kier alpha value is -1.38. The lowest BCUT2D eigenvalue weighted by Crippen LogP contribution is -2.23. The monoisotopic (exact) mass is 358 g/mol. The molecule has 6 nitrogen and oxygen atoms in total. The van der Waals surface area contributed by atoms with E-state index in [2.05, 4.69) is 25.8 Å². The lowest BCUT2D eigenvalue weighted by atomic mass is 10.2. The number of sulfonamides is 1. The Labute approximate surface area is 126 Å². The molecule has 0 radical (unpaired) electrons. The number of aromatic nitrogens is 2. The fraction of sp³-hybridized carbons (Fsp3) is 0.250. The van der Waals surface area contributed by atoms with Crippen LogP contribution in [0.3, 0.4) is 0 Å². The van der Waals surface area contributed by atoms with Gasteiger partial charge in [0.25, 0.3) is 0 Å². The zero-order chi connectivity index (χ0) is 14.9. The molecule has 0 spiro atoms. The van der Waals surface area contributed by atoms with E-state index in [0.29, 0.717) is 11.4 Å². The topological polar surface area (TPSA) is 90.0 Å². The second kappa shape index (κ2) is 5.55. The van der Waals surface area contributed by atoms with Crippen molar-refractivity contribution in [1.82, 2.24) is 14.5 Å². The third kappa shape index (κ3) is 3.02. The minimum atomic E-state index is -3.57. The van der Waals surface area contributed by atoms with E-state index in [1.165, 1.54) is 4.68 Å². The van der Waals surface area contributed by atoms with Crippen LogP contribution in [0, 0.1) is 6.92 Å². The summed E-state index contributed by atoms with van der Waals surface area (Å²) >= 11 is 3.34. The van der Waals surface area contributed by atoms with Gasteiger partial charge in [-0.1, -0.05) is 15.9 Å². The maximum atomic E-state index is 12.2.